The SMILES string of the molecule is CC(C)CCC[C@@H](C)[C@H]1CC[C@H]2[C@@H]3C[C@H](O)[C@H]4CC(O)CC[C@]4(C)[C@H]3CC[C@]12C. The Hall–Kier alpha value is -0.0800. The van der Waals surface area contributed by atoms with Gasteiger partial charge in [0.1, 0.15) is 0 Å². The fourth-order valence-corrected chi connectivity index (χ4v) is 9.30. The first-order valence-corrected chi connectivity index (χ1v) is 13.0. The highest BCUT2D eigenvalue weighted by Crippen LogP contribution is 2.68. The van der Waals surface area contributed by atoms with E-state index in [0.717, 1.165) is 55.3 Å². The number of aliphatic hydroxyl groups excluding tert-OH is 2. The monoisotopic (exact) mass is 404 g/mol. The van der Waals surface area contributed by atoms with Gasteiger partial charge < -0.3 is 10.2 Å². The van der Waals surface area contributed by atoms with Gasteiger partial charge in [-0.2, -0.15) is 0 Å². The number of aliphatic hydroxyl groups is 2. The molecule has 0 aliphatic heterocycles. The molecule has 2 nitrogen and oxygen atoms in total. The minimum absolute atomic E-state index is 0.185. The van der Waals surface area contributed by atoms with Gasteiger partial charge in [-0.1, -0.05) is 53.9 Å². The van der Waals surface area contributed by atoms with Crippen molar-refractivity contribution < 1.29 is 10.2 Å². The van der Waals surface area contributed by atoms with Crippen molar-refractivity contribution in [3.05, 3.63) is 0 Å². The summed E-state index contributed by atoms with van der Waals surface area (Å²) in [5.41, 5.74) is 0.749. The lowest BCUT2D eigenvalue weighted by Gasteiger charge is -2.62. The Morgan fingerprint density at radius 2 is 1.48 bits per heavy atom. The topological polar surface area (TPSA) is 40.5 Å². The lowest BCUT2D eigenvalue weighted by molar-refractivity contribution is -0.172. The molecule has 29 heavy (non-hydrogen) atoms. The molecule has 0 aromatic carbocycles. The van der Waals surface area contributed by atoms with Crippen molar-refractivity contribution in [2.45, 2.75) is 117 Å². The Labute approximate surface area is 180 Å². The molecule has 4 saturated carbocycles. The van der Waals surface area contributed by atoms with Crippen LogP contribution in [0.5, 0.6) is 0 Å². The van der Waals surface area contributed by atoms with Gasteiger partial charge in [0.2, 0.25) is 0 Å². The molecule has 4 aliphatic carbocycles. The lowest BCUT2D eigenvalue weighted by Crippen LogP contribution is -2.58. The fourth-order valence-electron chi connectivity index (χ4n) is 9.30. The minimum atomic E-state index is -0.193. The fraction of sp³-hybridized carbons (Fsp3) is 1.00. The van der Waals surface area contributed by atoms with Crippen molar-refractivity contribution >= 4 is 0 Å². The van der Waals surface area contributed by atoms with Gasteiger partial charge in [0.25, 0.3) is 0 Å². The number of hydrogen-bond acceptors (Lipinski definition) is 2. The van der Waals surface area contributed by atoms with E-state index in [9.17, 15) is 10.2 Å². The summed E-state index contributed by atoms with van der Waals surface area (Å²) in [5.74, 6) is 5.20. The zero-order valence-corrected chi connectivity index (χ0v) is 19.9. The third kappa shape index (κ3) is 3.73. The first-order valence-electron chi connectivity index (χ1n) is 13.0. The van der Waals surface area contributed by atoms with E-state index in [1.807, 2.05) is 0 Å². The first kappa shape index (κ1) is 22.1. The number of rotatable bonds is 5. The summed E-state index contributed by atoms with van der Waals surface area (Å²) in [6, 6.07) is 0. The highest BCUT2D eigenvalue weighted by atomic mass is 16.3. The Morgan fingerprint density at radius 1 is 0.793 bits per heavy atom. The smallest absolute Gasteiger partial charge is 0.0577 e. The Kier molecular flexibility index (Phi) is 6.19. The van der Waals surface area contributed by atoms with Gasteiger partial charge in [-0.05, 0) is 104 Å². The Balaban J connectivity index is 1.50. The molecule has 0 aromatic rings. The second-order valence-corrected chi connectivity index (χ2v) is 12.8. The second kappa shape index (κ2) is 8.12. The van der Waals surface area contributed by atoms with Crippen LogP contribution in [0.2, 0.25) is 0 Å². The summed E-state index contributed by atoms with van der Waals surface area (Å²) in [7, 11) is 0. The summed E-state index contributed by atoms with van der Waals surface area (Å²) in [6.07, 6.45) is 13.3. The molecule has 0 bridgehead atoms. The highest BCUT2D eigenvalue weighted by molar-refractivity contribution is 5.11. The van der Waals surface area contributed by atoms with Gasteiger partial charge >= 0.3 is 0 Å². The summed E-state index contributed by atoms with van der Waals surface area (Å²) >= 11 is 0. The molecule has 2 heteroatoms. The first-order chi connectivity index (χ1) is 13.7. The summed E-state index contributed by atoms with van der Waals surface area (Å²) in [6.45, 7) is 12.4. The average molecular weight is 405 g/mol. The molecule has 0 radical (unpaired) electrons. The standard InChI is InChI=1S/C27H48O2/c1-17(2)7-6-8-18(3)21-9-10-22-20-16-25(29)24-15-19(28)11-13-27(24,5)23(20)12-14-26(21,22)4/h17-25,28-29H,6-16H2,1-5H3/t18-,19?,20+,21-,22+,23+,24-,25+,26-,27-/m1/s1. The van der Waals surface area contributed by atoms with E-state index in [2.05, 4.69) is 34.6 Å². The molecular weight excluding hydrogens is 356 g/mol. The summed E-state index contributed by atoms with van der Waals surface area (Å²) in [4.78, 5) is 0. The zero-order valence-electron chi connectivity index (χ0n) is 19.9. The van der Waals surface area contributed by atoms with Crippen molar-refractivity contribution in [3.63, 3.8) is 0 Å². The molecule has 0 heterocycles. The third-order valence-electron chi connectivity index (χ3n) is 10.9. The van der Waals surface area contributed by atoms with Crippen molar-refractivity contribution in [1.82, 2.24) is 0 Å². The van der Waals surface area contributed by atoms with Gasteiger partial charge in [0.05, 0.1) is 12.2 Å². The second-order valence-electron chi connectivity index (χ2n) is 12.8. The van der Waals surface area contributed by atoms with Crippen LogP contribution in [0.4, 0.5) is 0 Å². The van der Waals surface area contributed by atoms with Crippen LogP contribution >= 0.6 is 0 Å². The van der Waals surface area contributed by atoms with Gasteiger partial charge in [0, 0.05) is 0 Å². The van der Waals surface area contributed by atoms with Crippen LogP contribution in [0, 0.1) is 52.3 Å². The highest BCUT2D eigenvalue weighted by Gasteiger charge is 2.62. The van der Waals surface area contributed by atoms with Crippen molar-refractivity contribution in [2.24, 2.45) is 52.3 Å². The molecule has 0 amide bonds. The molecule has 10 atom stereocenters. The largest absolute Gasteiger partial charge is 0.393 e. The maximum Gasteiger partial charge on any atom is 0.0577 e. The van der Waals surface area contributed by atoms with Crippen LogP contribution in [0.1, 0.15) is 105 Å². The van der Waals surface area contributed by atoms with Crippen LogP contribution in [0.15, 0.2) is 0 Å². The Bertz CT molecular complexity index is 573. The third-order valence-corrected chi connectivity index (χ3v) is 10.9. The van der Waals surface area contributed by atoms with E-state index in [0.29, 0.717) is 17.3 Å². The molecule has 0 saturated heterocycles. The van der Waals surface area contributed by atoms with E-state index >= 15 is 0 Å². The predicted octanol–water partition coefficient (Wildman–Crippen LogP) is 6.44. The zero-order chi connectivity index (χ0) is 21.0. The molecule has 168 valence electrons. The molecule has 4 aliphatic rings. The van der Waals surface area contributed by atoms with E-state index in [1.54, 1.807) is 0 Å². The maximum atomic E-state index is 11.2. The molecule has 1 unspecified atom stereocenters. The quantitative estimate of drug-likeness (QED) is 0.553. The van der Waals surface area contributed by atoms with Crippen molar-refractivity contribution in [3.8, 4) is 0 Å². The van der Waals surface area contributed by atoms with Crippen LogP contribution < -0.4 is 0 Å². The number of hydrogen-bond donors (Lipinski definition) is 2. The van der Waals surface area contributed by atoms with E-state index < -0.39 is 0 Å². The van der Waals surface area contributed by atoms with Crippen molar-refractivity contribution in [1.29, 1.82) is 0 Å². The van der Waals surface area contributed by atoms with Crippen LogP contribution in [0.25, 0.3) is 0 Å². The average Bonchev–Trinajstić information content (AvgIpc) is 3.00. The molecular formula is C27H48O2. The lowest BCUT2D eigenvalue weighted by atomic mass is 9.44. The van der Waals surface area contributed by atoms with Crippen molar-refractivity contribution in [2.75, 3.05) is 0 Å². The van der Waals surface area contributed by atoms with Crippen LogP contribution in [-0.2, 0) is 0 Å². The Morgan fingerprint density at radius 3 is 2.21 bits per heavy atom. The van der Waals surface area contributed by atoms with Gasteiger partial charge in [-0.15, -0.1) is 0 Å². The van der Waals surface area contributed by atoms with E-state index in [4.69, 9.17) is 0 Å². The molecule has 0 spiro atoms. The van der Waals surface area contributed by atoms with E-state index in [1.165, 1.54) is 44.9 Å². The molecule has 4 fully saturated rings. The normalized spacial score (nSPS) is 50.7. The van der Waals surface area contributed by atoms with Gasteiger partial charge in [0.15, 0.2) is 0 Å². The number of fused-ring (bicyclic) bond motifs is 5. The molecule has 4 rings (SSSR count). The van der Waals surface area contributed by atoms with E-state index in [-0.39, 0.29) is 17.6 Å². The minimum Gasteiger partial charge on any atom is -0.393 e. The summed E-state index contributed by atoms with van der Waals surface area (Å²) < 4.78 is 0. The van der Waals surface area contributed by atoms with Gasteiger partial charge in [-0.25, -0.2) is 0 Å². The molecule has 2 N–H and O–H groups in total. The van der Waals surface area contributed by atoms with Crippen LogP contribution in [-0.4, -0.2) is 22.4 Å². The van der Waals surface area contributed by atoms with Gasteiger partial charge in [-0.3, -0.25) is 0 Å². The summed E-state index contributed by atoms with van der Waals surface area (Å²) in [5, 5.41) is 21.4. The predicted molar refractivity (Wildman–Crippen MR) is 120 cm³/mol. The van der Waals surface area contributed by atoms with Crippen LogP contribution in [0.3, 0.4) is 0 Å². The maximum absolute atomic E-state index is 11.2. The molecule has 0 aromatic heterocycles.